The molecule has 128 valence electrons. The quantitative estimate of drug-likeness (QED) is 0.586. The molecule has 2 aromatic carbocycles. The van der Waals surface area contributed by atoms with Gasteiger partial charge < -0.3 is 4.42 Å². The predicted octanol–water partition coefficient (Wildman–Crippen LogP) is 4.31. The van der Waals surface area contributed by atoms with Gasteiger partial charge in [-0.2, -0.15) is 0 Å². The Morgan fingerprint density at radius 2 is 1.88 bits per heavy atom. The van der Waals surface area contributed by atoms with E-state index in [1.54, 1.807) is 41.8 Å². The Morgan fingerprint density at radius 3 is 2.69 bits per heavy atom. The summed E-state index contributed by atoms with van der Waals surface area (Å²) in [4.78, 5) is 28.8. The first-order valence-electron chi connectivity index (χ1n) is 7.66. The van der Waals surface area contributed by atoms with E-state index < -0.39 is 5.91 Å². The molecule has 0 bridgehead atoms. The number of nitrogens with one attached hydrogen (secondary N) is 1. The van der Waals surface area contributed by atoms with Crippen molar-refractivity contribution in [1.82, 2.24) is 4.98 Å². The number of benzene rings is 2. The number of hydrogen-bond donors (Lipinski definition) is 1. The molecular weight excluding hydrogens is 355 g/mol. The second-order valence-corrected chi connectivity index (χ2v) is 6.33. The molecule has 0 radical (unpaired) electrons. The van der Waals surface area contributed by atoms with Crippen LogP contribution in [-0.2, 0) is 0 Å². The number of halogens is 1. The summed E-state index contributed by atoms with van der Waals surface area (Å²) in [6.07, 6.45) is 0. The number of carbonyl (C=O) groups excluding carboxylic acids is 1. The molecule has 0 spiro atoms. The first kappa shape index (κ1) is 16.2. The number of aromatic nitrogens is 1. The van der Waals surface area contributed by atoms with E-state index in [0.717, 1.165) is 11.6 Å². The number of hydrogen-bond acceptors (Lipinski definition) is 5. The lowest BCUT2D eigenvalue weighted by molar-refractivity contribution is 0.0997. The van der Waals surface area contributed by atoms with Crippen LogP contribution in [0.25, 0.3) is 22.2 Å². The zero-order valence-electron chi connectivity index (χ0n) is 13.2. The Hall–Kier alpha value is -3.32. The van der Waals surface area contributed by atoms with Crippen molar-refractivity contribution in [2.45, 2.75) is 0 Å². The lowest BCUT2D eigenvalue weighted by atomic mass is 10.2. The van der Waals surface area contributed by atoms with Gasteiger partial charge >= 0.3 is 0 Å². The van der Waals surface area contributed by atoms with Crippen molar-refractivity contribution in [1.29, 1.82) is 0 Å². The standard InChI is InChI=1S/C19H11FN2O3S/c20-12-7-5-11(6-8-12)14-10-26-19(21-14)22-18(24)17-9-15(23)13-3-1-2-4-16(13)25-17/h1-10H,(H,21,22,24). The predicted molar refractivity (Wildman–Crippen MR) is 97.9 cm³/mol. The van der Waals surface area contributed by atoms with E-state index in [2.05, 4.69) is 10.3 Å². The normalized spacial score (nSPS) is 10.8. The summed E-state index contributed by atoms with van der Waals surface area (Å²) in [7, 11) is 0. The van der Waals surface area contributed by atoms with E-state index in [0.29, 0.717) is 21.8 Å². The summed E-state index contributed by atoms with van der Waals surface area (Å²) in [5, 5.41) is 5.13. The molecule has 2 heterocycles. The molecule has 1 N–H and O–H groups in total. The van der Waals surface area contributed by atoms with Crippen LogP contribution < -0.4 is 10.7 Å². The number of fused-ring (bicyclic) bond motifs is 1. The van der Waals surface area contributed by atoms with Crippen LogP contribution in [0.4, 0.5) is 9.52 Å². The third-order valence-corrected chi connectivity index (χ3v) is 4.48. The second kappa shape index (κ2) is 6.53. The minimum absolute atomic E-state index is 0.0905. The lowest BCUT2D eigenvalue weighted by Gasteiger charge is -2.02. The molecule has 0 atom stereocenters. The third-order valence-electron chi connectivity index (χ3n) is 3.72. The van der Waals surface area contributed by atoms with Crippen LogP contribution in [0.2, 0.25) is 0 Å². The molecule has 2 aromatic heterocycles. The maximum atomic E-state index is 13.0. The van der Waals surface area contributed by atoms with Crippen molar-refractivity contribution in [3.05, 3.63) is 81.8 Å². The van der Waals surface area contributed by atoms with Gasteiger partial charge in [0.25, 0.3) is 5.91 Å². The van der Waals surface area contributed by atoms with Gasteiger partial charge in [0.15, 0.2) is 16.3 Å². The fourth-order valence-corrected chi connectivity index (χ4v) is 3.17. The van der Waals surface area contributed by atoms with Crippen LogP contribution in [0.5, 0.6) is 0 Å². The maximum absolute atomic E-state index is 13.0. The van der Waals surface area contributed by atoms with Crippen molar-refractivity contribution in [3.8, 4) is 11.3 Å². The number of rotatable bonds is 3. The highest BCUT2D eigenvalue weighted by Gasteiger charge is 2.14. The van der Waals surface area contributed by atoms with Crippen LogP contribution in [0.3, 0.4) is 0 Å². The number of anilines is 1. The van der Waals surface area contributed by atoms with Crippen molar-refractivity contribution >= 4 is 33.3 Å². The van der Waals surface area contributed by atoms with Gasteiger partial charge in [-0.15, -0.1) is 11.3 Å². The molecule has 0 saturated carbocycles. The number of amides is 1. The summed E-state index contributed by atoms with van der Waals surface area (Å²) in [6, 6.07) is 13.8. The highest BCUT2D eigenvalue weighted by Crippen LogP contribution is 2.25. The Labute approximate surface area is 150 Å². The van der Waals surface area contributed by atoms with E-state index in [4.69, 9.17) is 4.42 Å². The van der Waals surface area contributed by atoms with E-state index in [-0.39, 0.29) is 17.0 Å². The number of nitrogens with zero attached hydrogens (tertiary/aromatic N) is 1. The van der Waals surface area contributed by atoms with E-state index in [1.165, 1.54) is 23.5 Å². The molecule has 4 rings (SSSR count). The van der Waals surface area contributed by atoms with Crippen LogP contribution >= 0.6 is 11.3 Å². The zero-order valence-corrected chi connectivity index (χ0v) is 14.0. The van der Waals surface area contributed by atoms with Gasteiger partial charge in [-0.25, -0.2) is 9.37 Å². The Balaban J connectivity index is 1.59. The molecule has 26 heavy (non-hydrogen) atoms. The van der Waals surface area contributed by atoms with Crippen molar-refractivity contribution < 1.29 is 13.6 Å². The van der Waals surface area contributed by atoms with E-state index in [9.17, 15) is 14.0 Å². The van der Waals surface area contributed by atoms with Crippen LogP contribution in [0.1, 0.15) is 10.6 Å². The number of carbonyl (C=O) groups is 1. The van der Waals surface area contributed by atoms with E-state index in [1.807, 2.05) is 0 Å². The van der Waals surface area contributed by atoms with Gasteiger partial charge in [-0.1, -0.05) is 12.1 Å². The molecular formula is C19H11FN2O3S. The van der Waals surface area contributed by atoms with Crippen molar-refractivity contribution in [2.75, 3.05) is 5.32 Å². The molecule has 0 saturated heterocycles. The fraction of sp³-hybridized carbons (Fsp3) is 0. The van der Waals surface area contributed by atoms with Crippen LogP contribution in [-0.4, -0.2) is 10.9 Å². The minimum Gasteiger partial charge on any atom is -0.451 e. The highest BCUT2D eigenvalue weighted by atomic mass is 32.1. The summed E-state index contributed by atoms with van der Waals surface area (Å²) >= 11 is 1.22. The lowest BCUT2D eigenvalue weighted by Crippen LogP contribution is -2.14. The molecule has 4 aromatic rings. The molecule has 0 fully saturated rings. The van der Waals surface area contributed by atoms with E-state index >= 15 is 0 Å². The fourth-order valence-electron chi connectivity index (χ4n) is 2.46. The SMILES string of the molecule is O=C(Nc1nc(-c2ccc(F)cc2)cs1)c1cc(=O)c2ccccc2o1. The summed E-state index contributed by atoms with van der Waals surface area (Å²) in [5.41, 5.74) is 1.41. The minimum atomic E-state index is -0.562. The molecule has 7 heteroatoms. The molecule has 0 unspecified atom stereocenters. The van der Waals surface area contributed by atoms with Gasteiger partial charge in [-0.3, -0.25) is 14.9 Å². The van der Waals surface area contributed by atoms with Crippen LogP contribution in [0, 0.1) is 5.82 Å². The topological polar surface area (TPSA) is 72.2 Å². The van der Waals surface area contributed by atoms with Gasteiger partial charge in [0.05, 0.1) is 11.1 Å². The Bertz CT molecular complexity index is 1170. The number of para-hydroxylation sites is 1. The summed E-state index contributed by atoms with van der Waals surface area (Å²) in [5.74, 6) is -0.982. The van der Waals surface area contributed by atoms with Gasteiger partial charge in [0.1, 0.15) is 11.4 Å². The zero-order chi connectivity index (χ0) is 18.1. The Kier molecular flexibility index (Phi) is 4.06. The van der Waals surface area contributed by atoms with Gasteiger partial charge in [-0.05, 0) is 36.4 Å². The molecule has 0 aliphatic heterocycles. The largest absolute Gasteiger partial charge is 0.451 e. The first-order valence-corrected chi connectivity index (χ1v) is 8.54. The molecule has 5 nitrogen and oxygen atoms in total. The maximum Gasteiger partial charge on any atom is 0.293 e. The van der Waals surface area contributed by atoms with Crippen molar-refractivity contribution in [3.63, 3.8) is 0 Å². The molecule has 0 aliphatic rings. The Morgan fingerprint density at radius 1 is 1.12 bits per heavy atom. The second-order valence-electron chi connectivity index (χ2n) is 5.47. The van der Waals surface area contributed by atoms with Crippen LogP contribution in [0.15, 0.2) is 69.2 Å². The van der Waals surface area contributed by atoms with Gasteiger partial charge in [0.2, 0.25) is 0 Å². The van der Waals surface area contributed by atoms with Gasteiger partial charge in [0, 0.05) is 17.0 Å². The first-order chi connectivity index (χ1) is 12.6. The van der Waals surface area contributed by atoms with Crippen molar-refractivity contribution in [2.24, 2.45) is 0 Å². The monoisotopic (exact) mass is 366 g/mol. The smallest absolute Gasteiger partial charge is 0.293 e. The number of thiazole rings is 1. The summed E-state index contributed by atoms with van der Waals surface area (Å²) < 4.78 is 18.5. The third kappa shape index (κ3) is 3.12. The molecule has 0 aliphatic carbocycles. The average Bonchev–Trinajstić information content (AvgIpc) is 3.10. The average molecular weight is 366 g/mol. The highest BCUT2D eigenvalue weighted by molar-refractivity contribution is 7.14. The molecule has 1 amide bonds. The summed E-state index contributed by atoms with van der Waals surface area (Å²) in [6.45, 7) is 0.